The number of likely N-dealkylation sites (tertiary alicyclic amines) is 1. The molecule has 1 aliphatic rings. The molecule has 1 fully saturated rings. The van der Waals surface area contributed by atoms with E-state index < -0.39 is 0 Å². The summed E-state index contributed by atoms with van der Waals surface area (Å²) < 4.78 is 0. The van der Waals surface area contributed by atoms with Crippen LogP contribution in [0.1, 0.15) is 25.7 Å². The van der Waals surface area contributed by atoms with Gasteiger partial charge in [-0.05, 0) is 32.4 Å². The first-order chi connectivity index (χ1) is 7.27. The van der Waals surface area contributed by atoms with Gasteiger partial charge in [-0.1, -0.05) is 0 Å². The Morgan fingerprint density at radius 1 is 1.67 bits per heavy atom. The fraction of sp³-hybridized carbons (Fsp3) is 0.750. The van der Waals surface area contributed by atoms with Crippen molar-refractivity contribution in [2.75, 3.05) is 26.7 Å². The average Bonchev–Trinajstić information content (AvgIpc) is 2.29. The predicted molar refractivity (Wildman–Crippen MR) is 61.3 cm³/mol. The van der Waals surface area contributed by atoms with Gasteiger partial charge in [0.15, 0.2) is 0 Å². The molecule has 1 heterocycles. The van der Waals surface area contributed by atoms with Crippen molar-refractivity contribution in [1.29, 1.82) is 0 Å². The molecule has 0 saturated carbocycles. The third kappa shape index (κ3) is 3.93. The Kier molecular flexibility index (Phi) is 5.20. The minimum absolute atomic E-state index is 0.176. The van der Waals surface area contributed by atoms with E-state index in [4.69, 9.17) is 6.42 Å². The van der Waals surface area contributed by atoms with Crippen molar-refractivity contribution in [2.24, 2.45) is 5.92 Å². The molecule has 3 heteroatoms. The number of rotatable bonds is 4. The maximum atomic E-state index is 11.5. The zero-order valence-electron chi connectivity index (χ0n) is 9.46. The molecule has 1 rings (SSSR count). The van der Waals surface area contributed by atoms with Crippen molar-refractivity contribution >= 4 is 5.91 Å². The smallest absolute Gasteiger partial charge is 0.224 e. The molecule has 0 spiro atoms. The Morgan fingerprint density at radius 2 is 2.47 bits per heavy atom. The lowest BCUT2D eigenvalue weighted by Gasteiger charge is -2.31. The number of nitrogens with zero attached hydrogens (tertiary/aromatic N) is 1. The Hall–Kier alpha value is -1.01. The number of hydrogen-bond donors (Lipinski definition) is 1. The van der Waals surface area contributed by atoms with Crippen LogP contribution in [0.4, 0.5) is 0 Å². The van der Waals surface area contributed by atoms with Crippen LogP contribution in [-0.4, -0.2) is 37.5 Å². The number of unbranched alkanes of at least 4 members (excludes halogenated alkanes) is 1. The maximum Gasteiger partial charge on any atom is 0.224 e. The molecule has 1 atom stereocenters. The molecule has 0 aromatic heterocycles. The van der Waals surface area contributed by atoms with Gasteiger partial charge in [0.25, 0.3) is 0 Å². The van der Waals surface area contributed by atoms with Gasteiger partial charge in [0.1, 0.15) is 0 Å². The minimum atomic E-state index is 0.176. The van der Waals surface area contributed by atoms with Crippen LogP contribution in [0.3, 0.4) is 0 Å². The molecule has 1 aliphatic heterocycles. The van der Waals surface area contributed by atoms with Crippen LogP contribution in [0, 0.1) is 18.3 Å². The lowest BCUT2D eigenvalue weighted by atomic mass is 9.97. The van der Waals surface area contributed by atoms with Crippen molar-refractivity contribution in [1.82, 2.24) is 10.2 Å². The fourth-order valence-electron chi connectivity index (χ4n) is 2.08. The summed E-state index contributed by atoms with van der Waals surface area (Å²) in [5.41, 5.74) is 0. The summed E-state index contributed by atoms with van der Waals surface area (Å²) in [6, 6.07) is 0. The van der Waals surface area contributed by atoms with Gasteiger partial charge in [-0.25, -0.2) is 0 Å². The first-order valence-electron chi connectivity index (χ1n) is 5.65. The quantitative estimate of drug-likeness (QED) is 0.549. The second kappa shape index (κ2) is 6.47. The molecule has 0 aromatic rings. The van der Waals surface area contributed by atoms with Crippen molar-refractivity contribution in [2.45, 2.75) is 25.7 Å². The van der Waals surface area contributed by atoms with Gasteiger partial charge in [-0.2, -0.15) is 0 Å². The maximum absolute atomic E-state index is 11.5. The third-order valence-corrected chi connectivity index (χ3v) is 2.92. The number of amides is 1. The minimum Gasteiger partial charge on any atom is -0.359 e. The van der Waals surface area contributed by atoms with Crippen LogP contribution >= 0.6 is 0 Å². The number of hydrogen-bond acceptors (Lipinski definition) is 2. The summed E-state index contributed by atoms with van der Waals surface area (Å²) in [4.78, 5) is 13.8. The number of carbonyl (C=O) groups excluding carboxylic acids is 1. The highest BCUT2D eigenvalue weighted by molar-refractivity contribution is 5.78. The molecule has 1 N–H and O–H groups in total. The van der Waals surface area contributed by atoms with Crippen molar-refractivity contribution < 1.29 is 4.79 Å². The normalized spacial score (nSPS) is 22.0. The summed E-state index contributed by atoms with van der Waals surface area (Å²) in [5.74, 6) is 3.00. The number of carbonyl (C=O) groups is 1. The zero-order valence-corrected chi connectivity index (χ0v) is 9.46. The molecule has 3 nitrogen and oxygen atoms in total. The largest absolute Gasteiger partial charge is 0.359 e. The van der Waals surface area contributed by atoms with Gasteiger partial charge in [0.2, 0.25) is 5.91 Å². The number of nitrogens with one attached hydrogen (secondary N) is 1. The second-order valence-corrected chi connectivity index (χ2v) is 4.06. The van der Waals surface area contributed by atoms with Gasteiger partial charge >= 0.3 is 0 Å². The van der Waals surface area contributed by atoms with Crippen LogP contribution in [-0.2, 0) is 4.79 Å². The molecule has 0 bridgehead atoms. The Balaban J connectivity index is 2.29. The standard InChI is InChI=1S/C12H20N2O/c1-3-4-5-8-14-9-6-7-11(10-14)12(15)13-2/h1,11H,4-10H2,2H3,(H,13,15). The van der Waals surface area contributed by atoms with Crippen LogP contribution < -0.4 is 5.32 Å². The fourth-order valence-corrected chi connectivity index (χ4v) is 2.08. The van der Waals surface area contributed by atoms with E-state index in [0.29, 0.717) is 0 Å². The molecule has 0 aromatic carbocycles. The molecule has 0 aliphatic carbocycles. The molecular formula is C12H20N2O. The average molecular weight is 208 g/mol. The summed E-state index contributed by atoms with van der Waals surface area (Å²) in [7, 11) is 1.71. The first-order valence-corrected chi connectivity index (χ1v) is 5.65. The molecule has 1 unspecified atom stereocenters. The molecule has 1 amide bonds. The summed E-state index contributed by atoms with van der Waals surface area (Å²) in [6.07, 6.45) is 9.22. The van der Waals surface area contributed by atoms with E-state index in [1.165, 1.54) is 0 Å². The predicted octanol–water partition coefficient (Wildman–Crippen LogP) is 0.858. The molecule has 15 heavy (non-hydrogen) atoms. The summed E-state index contributed by atoms with van der Waals surface area (Å²) in [6.45, 7) is 3.03. The van der Waals surface area contributed by atoms with Gasteiger partial charge in [0, 0.05) is 20.0 Å². The van der Waals surface area contributed by atoms with Crippen LogP contribution in [0.25, 0.3) is 0 Å². The van der Waals surface area contributed by atoms with Gasteiger partial charge in [0.05, 0.1) is 5.92 Å². The zero-order chi connectivity index (χ0) is 11.1. The Labute approximate surface area is 92.2 Å². The van der Waals surface area contributed by atoms with E-state index in [1.54, 1.807) is 7.05 Å². The van der Waals surface area contributed by atoms with Gasteiger partial charge in [-0.15, -0.1) is 12.3 Å². The van der Waals surface area contributed by atoms with E-state index in [1.807, 2.05) is 0 Å². The van der Waals surface area contributed by atoms with E-state index >= 15 is 0 Å². The summed E-state index contributed by atoms with van der Waals surface area (Å²) in [5, 5.41) is 2.72. The third-order valence-electron chi connectivity index (χ3n) is 2.92. The van der Waals surface area contributed by atoms with Crippen molar-refractivity contribution in [3.05, 3.63) is 0 Å². The van der Waals surface area contributed by atoms with Crippen LogP contribution in [0.15, 0.2) is 0 Å². The monoisotopic (exact) mass is 208 g/mol. The lowest BCUT2D eigenvalue weighted by Crippen LogP contribution is -2.42. The van der Waals surface area contributed by atoms with Gasteiger partial charge < -0.3 is 10.2 Å². The highest BCUT2D eigenvalue weighted by Gasteiger charge is 2.24. The van der Waals surface area contributed by atoms with Gasteiger partial charge in [-0.3, -0.25) is 4.79 Å². The molecular weight excluding hydrogens is 188 g/mol. The Morgan fingerprint density at radius 3 is 3.13 bits per heavy atom. The number of terminal acetylenes is 1. The van der Waals surface area contributed by atoms with E-state index in [2.05, 4.69) is 16.1 Å². The van der Waals surface area contributed by atoms with E-state index in [0.717, 1.165) is 45.3 Å². The van der Waals surface area contributed by atoms with Crippen LogP contribution in [0.2, 0.25) is 0 Å². The molecule has 0 radical (unpaired) electrons. The van der Waals surface area contributed by atoms with Crippen molar-refractivity contribution in [3.8, 4) is 12.3 Å². The molecule has 84 valence electrons. The Bertz CT molecular complexity index is 244. The van der Waals surface area contributed by atoms with Crippen molar-refractivity contribution in [3.63, 3.8) is 0 Å². The summed E-state index contributed by atoms with van der Waals surface area (Å²) >= 11 is 0. The number of piperidine rings is 1. The topological polar surface area (TPSA) is 32.3 Å². The second-order valence-electron chi connectivity index (χ2n) is 4.06. The highest BCUT2D eigenvalue weighted by atomic mass is 16.1. The van der Waals surface area contributed by atoms with E-state index in [-0.39, 0.29) is 11.8 Å². The highest BCUT2D eigenvalue weighted by Crippen LogP contribution is 2.16. The first kappa shape index (κ1) is 12.1. The lowest BCUT2D eigenvalue weighted by molar-refractivity contribution is -0.126. The van der Waals surface area contributed by atoms with Crippen LogP contribution in [0.5, 0.6) is 0 Å². The molecule has 1 saturated heterocycles. The SMILES string of the molecule is C#CCCCN1CCCC(C(=O)NC)C1. The van der Waals surface area contributed by atoms with E-state index in [9.17, 15) is 4.79 Å².